The Kier molecular flexibility index (Phi) is 8.13. The molecule has 0 spiro atoms. The van der Waals surface area contributed by atoms with Crippen LogP contribution < -0.4 is 10.6 Å². The van der Waals surface area contributed by atoms with Crippen LogP contribution in [-0.4, -0.2) is 69.5 Å². The van der Waals surface area contributed by atoms with E-state index in [0.29, 0.717) is 12.6 Å². The number of ether oxygens (including phenoxy) is 2. The van der Waals surface area contributed by atoms with Gasteiger partial charge in [0.25, 0.3) is 0 Å². The van der Waals surface area contributed by atoms with Crippen molar-refractivity contribution < 1.29 is 9.47 Å². The van der Waals surface area contributed by atoms with Crippen LogP contribution in [0.1, 0.15) is 44.2 Å². The number of benzene rings is 1. The molecule has 6 nitrogen and oxygen atoms in total. The molecule has 6 heteroatoms. The van der Waals surface area contributed by atoms with E-state index in [4.69, 9.17) is 14.5 Å². The largest absolute Gasteiger partial charge is 0.381 e. The number of methoxy groups -OCH3 is 1. The van der Waals surface area contributed by atoms with Gasteiger partial charge in [-0.25, -0.2) is 0 Å². The van der Waals surface area contributed by atoms with E-state index in [1.54, 1.807) is 7.11 Å². The molecule has 2 heterocycles. The quantitative estimate of drug-likeness (QED) is 0.530. The van der Waals surface area contributed by atoms with Crippen LogP contribution in [0.2, 0.25) is 0 Å². The second-order valence-electron chi connectivity index (χ2n) is 7.75. The lowest BCUT2D eigenvalue weighted by molar-refractivity contribution is -0.0828. The Balaban J connectivity index is 1.66. The van der Waals surface area contributed by atoms with Crippen molar-refractivity contribution in [2.24, 2.45) is 4.99 Å². The summed E-state index contributed by atoms with van der Waals surface area (Å²) in [6.07, 6.45) is 4.37. The number of rotatable bonds is 8. The van der Waals surface area contributed by atoms with Gasteiger partial charge in [-0.15, -0.1) is 0 Å². The monoisotopic (exact) mass is 388 g/mol. The first kappa shape index (κ1) is 21.1. The number of nitrogens with zero attached hydrogens (tertiary/aromatic N) is 2. The van der Waals surface area contributed by atoms with Crippen molar-refractivity contribution in [3.8, 4) is 0 Å². The minimum Gasteiger partial charge on any atom is -0.381 e. The summed E-state index contributed by atoms with van der Waals surface area (Å²) < 4.78 is 11.3. The van der Waals surface area contributed by atoms with Crippen LogP contribution in [0.15, 0.2) is 35.3 Å². The van der Waals surface area contributed by atoms with Gasteiger partial charge >= 0.3 is 0 Å². The zero-order valence-electron chi connectivity index (χ0n) is 17.5. The first-order chi connectivity index (χ1) is 13.8. The standard InChI is InChI=1S/C22H36N4O2/c1-3-23-21(25-18-22(27-2)11-15-28-16-12-22)24-17-20(26-13-7-8-14-26)19-9-5-4-6-10-19/h4-6,9-10,20H,3,7-8,11-18H2,1-2H3,(H2,23,24,25). The summed E-state index contributed by atoms with van der Waals surface area (Å²) in [5, 5.41) is 6.98. The van der Waals surface area contributed by atoms with Gasteiger partial charge in [-0.2, -0.15) is 0 Å². The van der Waals surface area contributed by atoms with Crippen LogP contribution in [0.3, 0.4) is 0 Å². The van der Waals surface area contributed by atoms with E-state index in [1.807, 2.05) is 0 Å². The van der Waals surface area contributed by atoms with Gasteiger partial charge in [0.05, 0.1) is 18.2 Å². The third-order valence-electron chi connectivity index (χ3n) is 5.94. The SMILES string of the molecule is CCNC(=NCC1(OC)CCOCC1)NCC(c1ccccc1)N1CCCC1. The summed E-state index contributed by atoms with van der Waals surface area (Å²) in [5.74, 6) is 0.866. The zero-order chi connectivity index (χ0) is 19.7. The topological polar surface area (TPSA) is 58.1 Å². The van der Waals surface area contributed by atoms with E-state index in [2.05, 4.69) is 52.8 Å². The third kappa shape index (κ3) is 5.69. The molecule has 0 radical (unpaired) electrons. The van der Waals surface area contributed by atoms with E-state index in [-0.39, 0.29) is 5.60 Å². The fourth-order valence-corrected chi connectivity index (χ4v) is 4.11. The lowest BCUT2D eigenvalue weighted by Crippen LogP contribution is -2.45. The Morgan fingerprint density at radius 3 is 2.54 bits per heavy atom. The average Bonchev–Trinajstić information content (AvgIpc) is 3.28. The number of hydrogen-bond acceptors (Lipinski definition) is 4. The molecule has 1 unspecified atom stereocenters. The minimum atomic E-state index is -0.200. The maximum absolute atomic E-state index is 5.83. The molecule has 0 aromatic heterocycles. The van der Waals surface area contributed by atoms with Crippen LogP contribution >= 0.6 is 0 Å². The van der Waals surface area contributed by atoms with E-state index in [1.165, 1.54) is 31.5 Å². The molecule has 1 aromatic rings. The number of aliphatic imine (C=N–C) groups is 1. The molecule has 0 saturated carbocycles. The molecule has 1 atom stereocenters. The molecule has 2 N–H and O–H groups in total. The molecule has 2 saturated heterocycles. The summed E-state index contributed by atoms with van der Waals surface area (Å²) in [4.78, 5) is 7.45. The first-order valence-electron chi connectivity index (χ1n) is 10.7. The van der Waals surface area contributed by atoms with Gasteiger partial charge in [-0.3, -0.25) is 9.89 Å². The van der Waals surface area contributed by atoms with E-state index >= 15 is 0 Å². The van der Waals surface area contributed by atoms with E-state index < -0.39 is 0 Å². The normalized spacial score (nSPS) is 21.4. The van der Waals surface area contributed by atoms with Crippen molar-refractivity contribution >= 4 is 5.96 Å². The molecule has 2 fully saturated rings. The molecule has 2 aliphatic heterocycles. The summed E-state index contributed by atoms with van der Waals surface area (Å²) in [6, 6.07) is 11.2. The molecule has 1 aromatic carbocycles. The minimum absolute atomic E-state index is 0.200. The molecule has 2 aliphatic rings. The highest BCUT2D eigenvalue weighted by Gasteiger charge is 2.32. The summed E-state index contributed by atoms with van der Waals surface area (Å²) in [5.41, 5.74) is 1.17. The van der Waals surface area contributed by atoms with Gasteiger partial charge in [-0.05, 0) is 38.4 Å². The van der Waals surface area contributed by atoms with E-state index in [9.17, 15) is 0 Å². The van der Waals surface area contributed by atoms with Crippen LogP contribution in [0.5, 0.6) is 0 Å². The van der Waals surface area contributed by atoms with Crippen molar-refractivity contribution in [1.29, 1.82) is 0 Å². The van der Waals surface area contributed by atoms with Crippen LogP contribution in [0.25, 0.3) is 0 Å². The predicted molar refractivity (Wildman–Crippen MR) is 114 cm³/mol. The maximum atomic E-state index is 5.83. The number of hydrogen-bond donors (Lipinski definition) is 2. The highest BCUT2D eigenvalue weighted by Crippen LogP contribution is 2.26. The number of nitrogens with one attached hydrogen (secondary N) is 2. The molecule has 3 rings (SSSR count). The molecular weight excluding hydrogens is 352 g/mol. The Morgan fingerprint density at radius 2 is 1.89 bits per heavy atom. The van der Waals surface area contributed by atoms with Crippen molar-refractivity contribution in [2.45, 2.75) is 44.2 Å². The maximum Gasteiger partial charge on any atom is 0.191 e. The molecule has 0 bridgehead atoms. The molecular formula is C22H36N4O2. The molecule has 0 amide bonds. The predicted octanol–water partition coefficient (Wildman–Crippen LogP) is 2.57. The molecule has 28 heavy (non-hydrogen) atoms. The number of guanidine groups is 1. The lowest BCUT2D eigenvalue weighted by Gasteiger charge is -2.34. The summed E-state index contributed by atoms with van der Waals surface area (Å²) in [7, 11) is 1.79. The average molecular weight is 389 g/mol. The van der Waals surface area contributed by atoms with Gasteiger partial charge < -0.3 is 20.1 Å². The Labute approximate surface area is 169 Å². The second-order valence-corrected chi connectivity index (χ2v) is 7.75. The third-order valence-corrected chi connectivity index (χ3v) is 5.94. The van der Waals surface area contributed by atoms with Crippen molar-refractivity contribution in [2.75, 3.05) is 53.0 Å². The first-order valence-corrected chi connectivity index (χ1v) is 10.7. The van der Waals surface area contributed by atoms with Crippen molar-refractivity contribution in [1.82, 2.24) is 15.5 Å². The van der Waals surface area contributed by atoms with Crippen LogP contribution in [0.4, 0.5) is 0 Å². The lowest BCUT2D eigenvalue weighted by atomic mass is 9.94. The Morgan fingerprint density at radius 1 is 1.18 bits per heavy atom. The highest BCUT2D eigenvalue weighted by atomic mass is 16.5. The Bertz CT molecular complexity index is 596. The molecule has 0 aliphatic carbocycles. The molecule has 156 valence electrons. The van der Waals surface area contributed by atoms with Crippen LogP contribution in [0, 0.1) is 0 Å². The van der Waals surface area contributed by atoms with E-state index in [0.717, 1.165) is 45.1 Å². The summed E-state index contributed by atoms with van der Waals surface area (Å²) in [6.45, 7) is 8.28. The van der Waals surface area contributed by atoms with Gasteiger partial charge in [0.1, 0.15) is 0 Å². The zero-order valence-corrected chi connectivity index (χ0v) is 17.5. The van der Waals surface area contributed by atoms with Gasteiger partial charge in [-0.1, -0.05) is 30.3 Å². The van der Waals surface area contributed by atoms with Crippen molar-refractivity contribution in [3.63, 3.8) is 0 Å². The van der Waals surface area contributed by atoms with Gasteiger partial charge in [0.15, 0.2) is 5.96 Å². The fourth-order valence-electron chi connectivity index (χ4n) is 4.11. The fraction of sp³-hybridized carbons (Fsp3) is 0.682. The van der Waals surface area contributed by atoms with Crippen molar-refractivity contribution in [3.05, 3.63) is 35.9 Å². The van der Waals surface area contributed by atoms with Gasteiger partial charge in [0.2, 0.25) is 0 Å². The smallest absolute Gasteiger partial charge is 0.191 e. The van der Waals surface area contributed by atoms with Gasteiger partial charge in [0, 0.05) is 46.3 Å². The summed E-state index contributed by atoms with van der Waals surface area (Å²) >= 11 is 0. The van der Waals surface area contributed by atoms with Crippen LogP contribution in [-0.2, 0) is 9.47 Å². The number of likely N-dealkylation sites (tertiary alicyclic amines) is 1. The Hall–Kier alpha value is -1.63. The second kappa shape index (κ2) is 10.8. The highest BCUT2D eigenvalue weighted by molar-refractivity contribution is 5.79.